The number of carbonyl (C=O) groups is 2. The van der Waals surface area contributed by atoms with Gasteiger partial charge < -0.3 is 15.7 Å². The minimum absolute atomic E-state index is 0.122. The van der Waals surface area contributed by atoms with Gasteiger partial charge in [-0.3, -0.25) is 14.6 Å². The summed E-state index contributed by atoms with van der Waals surface area (Å²) >= 11 is 6.27. The van der Waals surface area contributed by atoms with Gasteiger partial charge in [-0.05, 0) is 48.0 Å². The number of rotatable bonds is 5. The van der Waals surface area contributed by atoms with Gasteiger partial charge in [-0.1, -0.05) is 41.9 Å². The Morgan fingerprint density at radius 3 is 2.45 bits per heavy atom. The molecule has 0 radical (unpaired) electrons. The lowest BCUT2D eigenvalue weighted by Gasteiger charge is -2.24. The Labute approximate surface area is 184 Å². The first-order valence-corrected chi connectivity index (χ1v) is 10.1. The molecule has 1 unspecified atom stereocenters. The van der Waals surface area contributed by atoms with Crippen molar-refractivity contribution in [2.24, 2.45) is 10.7 Å². The summed E-state index contributed by atoms with van der Waals surface area (Å²) in [6.07, 6.45) is 0.359. The molecular weight excluding hydrogens is 414 g/mol. The van der Waals surface area contributed by atoms with Gasteiger partial charge in [-0.15, -0.1) is 0 Å². The number of carbonyl (C=O) groups excluding carboxylic acids is 2. The van der Waals surface area contributed by atoms with Crippen molar-refractivity contribution in [1.29, 1.82) is 0 Å². The lowest BCUT2D eigenvalue weighted by atomic mass is 10.00. The zero-order valence-electron chi connectivity index (χ0n) is 16.5. The van der Waals surface area contributed by atoms with Crippen molar-refractivity contribution in [2.75, 3.05) is 11.4 Å². The zero-order valence-corrected chi connectivity index (χ0v) is 17.3. The largest absolute Gasteiger partial charge is 0.508 e. The smallest absolute Gasteiger partial charge is 0.252 e. The van der Waals surface area contributed by atoms with Crippen LogP contribution in [0.3, 0.4) is 0 Å². The summed E-state index contributed by atoms with van der Waals surface area (Å²) in [5.74, 6) is -0.822. The maximum atomic E-state index is 13.5. The lowest BCUT2D eigenvalue weighted by Crippen LogP contribution is -2.43. The number of amides is 2. The number of anilines is 1. The quantitative estimate of drug-likeness (QED) is 0.646. The van der Waals surface area contributed by atoms with Crippen LogP contribution in [0, 0.1) is 0 Å². The number of benzene rings is 3. The van der Waals surface area contributed by atoms with Gasteiger partial charge >= 0.3 is 0 Å². The number of nitrogens with two attached hydrogens (primary N) is 1. The highest BCUT2D eigenvalue weighted by Crippen LogP contribution is 2.32. The molecule has 6 nitrogen and oxygen atoms in total. The zero-order chi connectivity index (χ0) is 22.0. The van der Waals surface area contributed by atoms with Crippen molar-refractivity contribution in [2.45, 2.75) is 12.5 Å². The molecule has 0 bridgehead atoms. The van der Waals surface area contributed by atoms with Crippen LogP contribution in [0.25, 0.3) is 0 Å². The van der Waals surface area contributed by atoms with Crippen LogP contribution in [-0.2, 0) is 16.0 Å². The van der Waals surface area contributed by atoms with Crippen molar-refractivity contribution in [3.63, 3.8) is 0 Å². The van der Waals surface area contributed by atoms with E-state index in [-0.39, 0.29) is 18.2 Å². The molecule has 3 aromatic rings. The van der Waals surface area contributed by atoms with Gasteiger partial charge in [-0.2, -0.15) is 0 Å². The predicted molar refractivity (Wildman–Crippen MR) is 121 cm³/mol. The lowest BCUT2D eigenvalue weighted by molar-refractivity contribution is -0.123. The van der Waals surface area contributed by atoms with Crippen molar-refractivity contribution >= 4 is 34.8 Å². The Balaban J connectivity index is 1.90. The molecule has 1 aliphatic heterocycles. The third-order valence-electron chi connectivity index (χ3n) is 5.07. The second-order valence-corrected chi connectivity index (χ2v) is 7.72. The fraction of sp³-hybridized carbons (Fsp3) is 0.125. The molecule has 1 aliphatic rings. The van der Waals surface area contributed by atoms with Crippen molar-refractivity contribution < 1.29 is 14.7 Å². The van der Waals surface area contributed by atoms with E-state index >= 15 is 0 Å². The Morgan fingerprint density at radius 1 is 1.06 bits per heavy atom. The monoisotopic (exact) mass is 433 g/mol. The summed E-state index contributed by atoms with van der Waals surface area (Å²) in [7, 11) is 0. The van der Waals surface area contributed by atoms with Crippen LogP contribution in [0.15, 0.2) is 77.8 Å². The molecule has 0 aliphatic carbocycles. The third-order valence-corrected chi connectivity index (χ3v) is 5.30. The maximum absolute atomic E-state index is 13.5. The topological polar surface area (TPSA) is 96.0 Å². The number of primary amides is 1. The van der Waals surface area contributed by atoms with Crippen LogP contribution in [0.2, 0.25) is 5.02 Å². The summed E-state index contributed by atoms with van der Waals surface area (Å²) in [5.41, 5.74) is 8.80. The van der Waals surface area contributed by atoms with E-state index in [9.17, 15) is 14.7 Å². The van der Waals surface area contributed by atoms with Gasteiger partial charge in [0.2, 0.25) is 5.91 Å². The summed E-state index contributed by atoms with van der Waals surface area (Å²) in [4.78, 5) is 31.5. The first-order valence-electron chi connectivity index (χ1n) is 9.73. The number of aliphatic imine (C=N–C) groups is 1. The summed E-state index contributed by atoms with van der Waals surface area (Å²) < 4.78 is 0. The molecule has 3 N–H and O–H groups in total. The molecule has 4 rings (SSSR count). The van der Waals surface area contributed by atoms with E-state index in [1.54, 1.807) is 42.5 Å². The van der Waals surface area contributed by atoms with Gasteiger partial charge in [0.15, 0.2) is 0 Å². The van der Waals surface area contributed by atoms with E-state index in [0.717, 1.165) is 5.56 Å². The van der Waals surface area contributed by atoms with E-state index in [0.29, 0.717) is 34.0 Å². The van der Waals surface area contributed by atoms with E-state index in [1.165, 1.54) is 4.90 Å². The molecule has 1 heterocycles. The molecular formula is C24H20ClN3O3. The fourth-order valence-corrected chi connectivity index (χ4v) is 3.82. The minimum atomic E-state index is -0.767. The molecule has 3 aromatic carbocycles. The standard InChI is InChI=1S/C24H20ClN3O3/c25-17-8-11-21-19(13-17)23(16-6-9-18(29)10-7-16)27-20(12-15-4-2-1-3-5-15)24(31)28(21)14-22(26)30/h1-11,13,20,29H,12,14H2,(H2,26,30). The van der Waals surface area contributed by atoms with Crippen molar-refractivity contribution in [3.8, 4) is 5.75 Å². The normalized spacial score (nSPS) is 15.8. The molecule has 0 fully saturated rings. The van der Waals surface area contributed by atoms with Crippen LogP contribution < -0.4 is 10.6 Å². The Morgan fingerprint density at radius 2 is 1.77 bits per heavy atom. The third kappa shape index (κ3) is 4.44. The molecule has 2 amide bonds. The molecule has 7 heteroatoms. The number of hydrogen-bond acceptors (Lipinski definition) is 4. The highest BCUT2D eigenvalue weighted by atomic mass is 35.5. The van der Waals surface area contributed by atoms with E-state index < -0.39 is 11.9 Å². The average Bonchev–Trinajstić information content (AvgIpc) is 2.85. The predicted octanol–water partition coefficient (Wildman–Crippen LogP) is 3.33. The number of fused-ring (bicyclic) bond motifs is 1. The first kappa shape index (κ1) is 20.6. The Hall–Kier alpha value is -3.64. The Bertz CT molecular complexity index is 1160. The molecule has 0 saturated heterocycles. The second kappa shape index (κ2) is 8.62. The SMILES string of the molecule is NC(=O)CN1C(=O)C(Cc2ccccc2)N=C(c2ccc(O)cc2)c2cc(Cl)ccc21. The summed E-state index contributed by atoms with van der Waals surface area (Å²) in [6, 6.07) is 20.4. The highest BCUT2D eigenvalue weighted by Gasteiger charge is 2.33. The van der Waals surface area contributed by atoms with Gasteiger partial charge in [0, 0.05) is 22.6 Å². The number of nitrogens with zero attached hydrogens (tertiary/aromatic N) is 2. The summed E-state index contributed by atoms with van der Waals surface area (Å²) in [6.45, 7) is -0.267. The second-order valence-electron chi connectivity index (χ2n) is 7.28. The number of benzodiazepines with no additional fused rings is 1. The molecule has 156 valence electrons. The van der Waals surface area contributed by atoms with Crippen LogP contribution in [0.5, 0.6) is 5.75 Å². The number of halogens is 1. The number of hydrogen-bond donors (Lipinski definition) is 2. The van der Waals surface area contributed by atoms with Crippen molar-refractivity contribution in [1.82, 2.24) is 0 Å². The van der Waals surface area contributed by atoms with Gasteiger partial charge in [0.25, 0.3) is 5.91 Å². The van der Waals surface area contributed by atoms with E-state index in [4.69, 9.17) is 22.3 Å². The first-order chi connectivity index (χ1) is 14.9. The summed E-state index contributed by atoms with van der Waals surface area (Å²) in [5, 5.41) is 10.2. The van der Waals surface area contributed by atoms with Gasteiger partial charge in [-0.25, -0.2) is 0 Å². The van der Waals surface area contributed by atoms with Gasteiger partial charge in [0.1, 0.15) is 18.3 Å². The van der Waals surface area contributed by atoms with Crippen molar-refractivity contribution in [3.05, 3.63) is 94.5 Å². The molecule has 1 atom stereocenters. The van der Waals surface area contributed by atoms with E-state index in [1.807, 2.05) is 30.3 Å². The average molecular weight is 434 g/mol. The minimum Gasteiger partial charge on any atom is -0.508 e. The van der Waals surface area contributed by atoms with E-state index in [2.05, 4.69) is 0 Å². The number of phenolic OH excluding ortho intramolecular Hbond substituents is 1. The number of phenols is 1. The molecule has 31 heavy (non-hydrogen) atoms. The van der Waals surface area contributed by atoms with Crippen LogP contribution in [-0.4, -0.2) is 35.2 Å². The number of aromatic hydroxyl groups is 1. The maximum Gasteiger partial charge on any atom is 0.252 e. The molecule has 0 saturated carbocycles. The fourth-order valence-electron chi connectivity index (χ4n) is 3.65. The van der Waals surface area contributed by atoms with Gasteiger partial charge in [0.05, 0.1) is 11.4 Å². The molecule has 0 spiro atoms. The highest BCUT2D eigenvalue weighted by molar-refractivity contribution is 6.32. The van der Waals surface area contributed by atoms with Crippen LogP contribution in [0.4, 0.5) is 5.69 Å². The Kier molecular flexibility index (Phi) is 5.73. The van der Waals surface area contributed by atoms with Crippen LogP contribution in [0.1, 0.15) is 16.7 Å². The molecule has 0 aromatic heterocycles. The van der Waals surface area contributed by atoms with Crippen LogP contribution >= 0.6 is 11.6 Å².